The van der Waals surface area contributed by atoms with Gasteiger partial charge in [-0.2, -0.15) is 0 Å². The summed E-state index contributed by atoms with van der Waals surface area (Å²) in [4.78, 5) is 1.72. The fourth-order valence-electron chi connectivity index (χ4n) is 1.65. The zero-order chi connectivity index (χ0) is 10.7. The summed E-state index contributed by atoms with van der Waals surface area (Å²) in [5.41, 5.74) is 1.09. The highest BCUT2D eigenvalue weighted by Gasteiger charge is 2.36. The van der Waals surface area contributed by atoms with Crippen molar-refractivity contribution in [2.24, 2.45) is 0 Å². The second-order valence-corrected chi connectivity index (χ2v) is 3.95. The highest BCUT2D eigenvalue weighted by atomic mass is 19.1. The maximum absolute atomic E-state index is 13.4. The quantitative estimate of drug-likeness (QED) is 0.750. The zero-order valence-electron chi connectivity index (χ0n) is 8.90. The van der Waals surface area contributed by atoms with Gasteiger partial charge in [0.25, 0.3) is 0 Å². The van der Waals surface area contributed by atoms with Crippen molar-refractivity contribution in [1.82, 2.24) is 4.90 Å². The number of halogens is 1. The molecule has 0 saturated carbocycles. The minimum atomic E-state index is -1.02. The maximum atomic E-state index is 13.4. The first kappa shape index (κ1) is 11.5. The van der Waals surface area contributed by atoms with Crippen LogP contribution in [0.4, 0.5) is 4.39 Å². The number of ether oxygens (including phenoxy) is 1. The minimum Gasteiger partial charge on any atom is -0.394 e. The number of hydrogen-bond donors (Lipinski definition) is 1. The summed E-state index contributed by atoms with van der Waals surface area (Å²) < 4.78 is 18.8. The number of aliphatic hydroxyl groups is 1. The lowest BCUT2D eigenvalue weighted by molar-refractivity contribution is -0.0577. The molecule has 1 saturated heterocycles. The van der Waals surface area contributed by atoms with Crippen LogP contribution < -0.4 is 0 Å². The summed E-state index contributed by atoms with van der Waals surface area (Å²) >= 11 is 0. The average Bonchev–Trinajstić information content (AvgIpc) is 2.45. The van der Waals surface area contributed by atoms with Gasteiger partial charge in [0.2, 0.25) is 0 Å². The number of allylic oxidation sites excluding steroid dienone is 1. The third-order valence-electron chi connectivity index (χ3n) is 2.20. The maximum Gasteiger partial charge on any atom is 0.161 e. The summed E-state index contributed by atoms with van der Waals surface area (Å²) in [6.07, 6.45) is 0.192. The molecular formula is C10H18FNO2. The van der Waals surface area contributed by atoms with Gasteiger partial charge in [0.15, 0.2) is 6.23 Å². The van der Waals surface area contributed by atoms with Crippen molar-refractivity contribution in [3.05, 3.63) is 11.8 Å². The first-order valence-electron chi connectivity index (χ1n) is 4.82. The molecule has 1 aliphatic heterocycles. The molecule has 0 aromatic carbocycles. The van der Waals surface area contributed by atoms with Crippen molar-refractivity contribution in [2.45, 2.75) is 38.8 Å². The van der Waals surface area contributed by atoms with E-state index in [1.807, 2.05) is 20.0 Å². The molecule has 3 unspecified atom stereocenters. The van der Waals surface area contributed by atoms with E-state index in [-0.39, 0.29) is 19.1 Å². The van der Waals surface area contributed by atoms with E-state index in [1.54, 1.807) is 11.9 Å². The Bertz CT molecular complexity index is 216. The SMILES string of the molecule is CC(C)=CN(C)C1OC(CO)CC1F. The van der Waals surface area contributed by atoms with Gasteiger partial charge in [-0.3, -0.25) is 0 Å². The van der Waals surface area contributed by atoms with Crippen molar-refractivity contribution < 1.29 is 14.2 Å². The van der Waals surface area contributed by atoms with Gasteiger partial charge in [-0.25, -0.2) is 4.39 Å². The topological polar surface area (TPSA) is 32.7 Å². The van der Waals surface area contributed by atoms with Crippen LogP contribution >= 0.6 is 0 Å². The van der Waals surface area contributed by atoms with E-state index in [2.05, 4.69) is 0 Å². The number of aliphatic hydroxyl groups excluding tert-OH is 1. The minimum absolute atomic E-state index is 0.112. The van der Waals surface area contributed by atoms with Gasteiger partial charge >= 0.3 is 0 Å². The number of alkyl halides is 1. The molecule has 0 amide bonds. The number of hydrogen-bond acceptors (Lipinski definition) is 3. The molecule has 0 bridgehead atoms. The van der Waals surface area contributed by atoms with E-state index in [1.165, 1.54) is 0 Å². The molecule has 1 heterocycles. The Morgan fingerprint density at radius 1 is 1.64 bits per heavy atom. The molecule has 1 N–H and O–H groups in total. The van der Waals surface area contributed by atoms with Crippen molar-refractivity contribution >= 4 is 0 Å². The van der Waals surface area contributed by atoms with Gasteiger partial charge in [-0.05, 0) is 20.0 Å². The summed E-state index contributed by atoms with van der Waals surface area (Å²) in [6.45, 7) is 3.78. The van der Waals surface area contributed by atoms with Gasteiger partial charge in [-0.15, -0.1) is 0 Å². The van der Waals surface area contributed by atoms with E-state index in [9.17, 15) is 4.39 Å². The van der Waals surface area contributed by atoms with Crippen LogP contribution in [0, 0.1) is 0 Å². The Labute approximate surface area is 84.2 Å². The van der Waals surface area contributed by atoms with Crippen LogP contribution in [0.2, 0.25) is 0 Å². The van der Waals surface area contributed by atoms with E-state index in [4.69, 9.17) is 9.84 Å². The lowest BCUT2D eigenvalue weighted by Crippen LogP contribution is -2.33. The standard InChI is InChI=1S/C10H18FNO2/c1-7(2)5-12(3)10-9(11)4-8(6-13)14-10/h5,8-10,13H,4,6H2,1-3H3. The Hall–Kier alpha value is -0.610. The number of nitrogens with zero attached hydrogens (tertiary/aromatic N) is 1. The highest BCUT2D eigenvalue weighted by Crippen LogP contribution is 2.25. The van der Waals surface area contributed by atoms with Crippen LogP contribution in [-0.2, 0) is 4.74 Å². The van der Waals surface area contributed by atoms with Crippen LogP contribution in [0.3, 0.4) is 0 Å². The fraction of sp³-hybridized carbons (Fsp3) is 0.800. The number of rotatable bonds is 3. The molecule has 3 nitrogen and oxygen atoms in total. The molecule has 1 aliphatic rings. The lowest BCUT2D eigenvalue weighted by atomic mass is 10.2. The molecule has 4 heteroatoms. The predicted molar refractivity (Wildman–Crippen MR) is 52.5 cm³/mol. The molecule has 0 aliphatic carbocycles. The van der Waals surface area contributed by atoms with Crippen molar-refractivity contribution in [1.29, 1.82) is 0 Å². The van der Waals surface area contributed by atoms with Gasteiger partial charge in [-0.1, -0.05) is 5.57 Å². The van der Waals surface area contributed by atoms with Crippen LogP contribution in [0.5, 0.6) is 0 Å². The molecular weight excluding hydrogens is 185 g/mol. The van der Waals surface area contributed by atoms with Gasteiger partial charge in [0, 0.05) is 13.5 Å². The van der Waals surface area contributed by atoms with Crippen molar-refractivity contribution in [2.75, 3.05) is 13.7 Å². The van der Waals surface area contributed by atoms with Crippen molar-refractivity contribution in [3.63, 3.8) is 0 Å². The second-order valence-electron chi connectivity index (χ2n) is 3.95. The van der Waals surface area contributed by atoms with Gasteiger partial charge < -0.3 is 14.7 Å². The van der Waals surface area contributed by atoms with E-state index in [0.717, 1.165) is 5.57 Å². The molecule has 1 rings (SSSR count). The summed E-state index contributed by atoms with van der Waals surface area (Å²) in [5.74, 6) is 0. The Morgan fingerprint density at radius 3 is 2.71 bits per heavy atom. The molecule has 0 aromatic rings. The monoisotopic (exact) mass is 203 g/mol. The Kier molecular flexibility index (Phi) is 3.89. The predicted octanol–water partition coefficient (Wildman–Crippen LogP) is 1.29. The van der Waals surface area contributed by atoms with Crippen LogP contribution in [0.1, 0.15) is 20.3 Å². The molecule has 0 aromatic heterocycles. The van der Waals surface area contributed by atoms with E-state index in [0.29, 0.717) is 0 Å². The van der Waals surface area contributed by atoms with Crippen LogP contribution in [0.25, 0.3) is 0 Å². The van der Waals surface area contributed by atoms with Crippen molar-refractivity contribution in [3.8, 4) is 0 Å². The normalized spacial score (nSPS) is 31.6. The average molecular weight is 203 g/mol. The zero-order valence-corrected chi connectivity index (χ0v) is 8.90. The second kappa shape index (κ2) is 4.75. The summed E-state index contributed by atoms with van der Waals surface area (Å²) in [7, 11) is 1.78. The molecule has 14 heavy (non-hydrogen) atoms. The third kappa shape index (κ3) is 2.69. The lowest BCUT2D eigenvalue weighted by Gasteiger charge is -2.24. The van der Waals surface area contributed by atoms with E-state index < -0.39 is 12.4 Å². The third-order valence-corrected chi connectivity index (χ3v) is 2.20. The summed E-state index contributed by atoms with van der Waals surface area (Å²) in [5, 5.41) is 8.84. The summed E-state index contributed by atoms with van der Waals surface area (Å²) in [6, 6.07) is 0. The molecule has 82 valence electrons. The molecule has 1 fully saturated rings. The molecule has 3 atom stereocenters. The highest BCUT2D eigenvalue weighted by molar-refractivity contribution is 4.95. The molecule has 0 spiro atoms. The Balaban J connectivity index is 2.56. The van der Waals surface area contributed by atoms with E-state index >= 15 is 0 Å². The van der Waals surface area contributed by atoms with Gasteiger partial charge in [0.1, 0.15) is 6.17 Å². The smallest absolute Gasteiger partial charge is 0.161 e. The first-order valence-corrected chi connectivity index (χ1v) is 4.82. The van der Waals surface area contributed by atoms with Crippen LogP contribution in [0.15, 0.2) is 11.8 Å². The largest absolute Gasteiger partial charge is 0.394 e. The van der Waals surface area contributed by atoms with Crippen LogP contribution in [-0.4, -0.2) is 42.2 Å². The molecule has 0 radical (unpaired) electrons. The fourth-order valence-corrected chi connectivity index (χ4v) is 1.65. The first-order chi connectivity index (χ1) is 6.54. The van der Waals surface area contributed by atoms with Gasteiger partial charge in [0.05, 0.1) is 12.7 Å². The Morgan fingerprint density at radius 2 is 2.29 bits per heavy atom.